The molecule has 2 heterocycles. The van der Waals surface area contributed by atoms with Crippen molar-refractivity contribution in [3.05, 3.63) is 0 Å². The standard InChI is InChI=1S/C6H11NO/c8-6-4-7-2-1-5(6)3-7/h5-6,8H,1-4H2/t5?,6-/m0/s1. The number of fused-ring (bicyclic) bond motifs is 2. The van der Waals surface area contributed by atoms with Gasteiger partial charge >= 0.3 is 0 Å². The van der Waals surface area contributed by atoms with E-state index in [1.54, 1.807) is 0 Å². The molecule has 2 heteroatoms. The molecule has 0 aromatic rings. The summed E-state index contributed by atoms with van der Waals surface area (Å²) in [6, 6.07) is 0. The predicted octanol–water partition coefficient (Wildman–Crippen LogP) is -0.317. The maximum Gasteiger partial charge on any atom is 0.0707 e. The number of aliphatic hydroxyl groups excluding tert-OH is 1. The molecule has 8 heavy (non-hydrogen) atoms. The van der Waals surface area contributed by atoms with E-state index in [0.29, 0.717) is 5.92 Å². The first-order valence-electron chi connectivity index (χ1n) is 3.26. The second-order valence-corrected chi connectivity index (χ2v) is 2.88. The van der Waals surface area contributed by atoms with E-state index in [-0.39, 0.29) is 6.10 Å². The largest absolute Gasteiger partial charge is 0.391 e. The summed E-state index contributed by atoms with van der Waals surface area (Å²) in [4.78, 5) is 2.33. The van der Waals surface area contributed by atoms with Gasteiger partial charge < -0.3 is 10.0 Å². The van der Waals surface area contributed by atoms with Gasteiger partial charge in [-0.15, -0.1) is 0 Å². The Bertz CT molecular complexity index is 103. The van der Waals surface area contributed by atoms with Gasteiger partial charge in [0, 0.05) is 19.0 Å². The summed E-state index contributed by atoms with van der Waals surface area (Å²) in [5.74, 6) is 0.620. The van der Waals surface area contributed by atoms with Crippen LogP contribution in [0.5, 0.6) is 0 Å². The van der Waals surface area contributed by atoms with Gasteiger partial charge in [0.15, 0.2) is 0 Å². The lowest BCUT2D eigenvalue weighted by Crippen LogP contribution is -2.26. The Balaban J connectivity index is 2.11. The maximum absolute atomic E-state index is 9.18. The molecule has 1 N–H and O–H groups in total. The molecule has 0 saturated carbocycles. The van der Waals surface area contributed by atoms with Gasteiger partial charge in [-0.05, 0) is 13.0 Å². The molecule has 0 radical (unpaired) electrons. The molecule has 2 fully saturated rings. The van der Waals surface area contributed by atoms with Crippen molar-refractivity contribution in [2.24, 2.45) is 5.92 Å². The Labute approximate surface area is 49.1 Å². The maximum atomic E-state index is 9.18. The van der Waals surface area contributed by atoms with Crippen LogP contribution in [-0.4, -0.2) is 35.7 Å². The highest BCUT2D eigenvalue weighted by molar-refractivity contribution is 4.89. The summed E-state index contributed by atoms with van der Waals surface area (Å²) in [5.41, 5.74) is 0. The SMILES string of the molecule is O[C@H]1CN2CCC1C2. The van der Waals surface area contributed by atoms with E-state index in [4.69, 9.17) is 0 Å². The molecule has 2 bridgehead atoms. The van der Waals surface area contributed by atoms with Crippen LogP contribution in [0.15, 0.2) is 0 Å². The van der Waals surface area contributed by atoms with Gasteiger partial charge in [0.05, 0.1) is 6.10 Å². The molecule has 0 spiro atoms. The highest BCUT2D eigenvalue weighted by Crippen LogP contribution is 2.27. The summed E-state index contributed by atoms with van der Waals surface area (Å²) in [7, 11) is 0. The fourth-order valence-corrected chi connectivity index (χ4v) is 1.76. The highest BCUT2D eigenvalue weighted by Gasteiger charge is 2.36. The molecule has 0 aliphatic carbocycles. The Kier molecular flexibility index (Phi) is 0.866. The van der Waals surface area contributed by atoms with Gasteiger partial charge in [0.2, 0.25) is 0 Å². The zero-order valence-electron chi connectivity index (χ0n) is 4.88. The van der Waals surface area contributed by atoms with Crippen LogP contribution in [0, 0.1) is 5.92 Å². The lowest BCUT2D eigenvalue weighted by molar-refractivity contribution is 0.118. The lowest BCUT2D eigenvalue weighted by Gasteiger charge is -2.15. The van der Waals surface area contributed by atoms with Gasteiger partial charge in [0.1, 0.15) is 0 Å². The summed E-state index contributed by atoms with van der Waals surface area (Å²) < 4.78 is 0. The second kappa shape index (κ2) is 1.45. The molecular weight excluding hydrogens is 102 g/mol. The Hall–Kier alpha value is -0.0800. The zero-order valence-corrected chi connectivity index (χ0v) is 4.88. The average molecular weight is 113 g/mol. The van der Waals surface area contributed by atoms with E-state index in [9.17, 15) is 5.11 Å². The number of aliphatic hydroxyl groups is 1. The van der Waals surface area contributed by atoms with E-state index in [1.165, 1.54) is 13.0 Å². The lowest BCUT2D eigenvalue weighted by atomic mass is 10.0. The Morgan fingerprint density at radius 2 is 2.25 bits per heavy atom. The average Bonchev–Trinajstić information content (AvgIpc) is 2.23. The van der Waals surface area contributed by atoms with Gasteiger partial charge in [-0.25, -0.2) is 0 Å². The summed E-state index contributed by atoms with van der Waals surface area (Å²) in [6.45, 7) is 3.31. The summed E-state index contributed by atoms with van der Waals surface area (Å²) >= 11 is 0. The number of hydrogen-bond donors (Lipinski definition) is 1. The fourth-order valence-electron chi connectivity index (χ4n) is 1.76. The Morgan fingerprint density at radius 3 is 2.50 bits per heavy atom. The molecule has 3 atom stereocenters. The minimum atomic E-state index is 0.00347. The van der Waals surface area contributed by atoms with Crippen LogP contribution in [0.3, 0.4) is 0 Å². The van der Waals surface area contributed by atoms with Crippen LogP contribution < -0.4 is 0 Å². The third-order valence-corrected chi connectivity index (χ3v) is 2.30. The molecule has 0 amide bonds. The molecular formula is C6H11NO. The molecule has 46 valence electrons. The van der Waals surface area contributed by atoms with Gasteiger partial charge in [-0.1, -0.05) is 0 Å². The smallest absolute Gasteiger partial charge is 0.0707 e. The van der Waals surface area contributed by atoms with Gasteiger partial charge in [-0.2, -0.15) is 0 Å². The first-order chi connectivity index (χ1) is 3.86. The molecule has 2 rings (SSSR count). The monoisotopic (exact) mass is 113 g/mol. The van der Waals surface area contributed by atoms with Crippen LogP contribution in [0.2, 0.25) is 0 Å². The number of nitrogens with zero attached hydrogens (tertiary/aromatic N) is 1. The third kappa shape index (κ3) is 0.501. The van der Waals surface area contributed by atoms with Gasteiger partial charge in [-0.3, -0.25) is 0 Å². The summed E-state index contributed by atoms with van der Waals surface area (Å²) in [6.07, 6.45) is 1.23. The van der Waals surface area contributed by atoms with E-state index in [0.717, 1.165) is 13.1 Å². The second-order valence-electron chi connectivity index (χ2n) is 2.88. The predicted molar refractivity (Wildman–Crippen MR) is 30.6 cm³/mol. The molecule has 2 aliphatic heterocycles. The molecule has 2 nitrogen and oxygen atoms in total. The molecule has 2 aliphatic rings. The van der Waals surface area contributed by atoms with Crippen LogP contribution >= 0.6 is 0 Å². The summed E-state index contributed by atoms with van der Waals surface area (Å²) in [5, 5.41) is 9.18. The minimum Gasteiger partial charge on any atom is -0.391 e. The molecule has 2 saturated heterocycles. The highest BCUT2D eigenvalue weighted by atomic mass is 16.3. The minimum absolute atomic E-state index is 0.00347. The van der Waals surface area contributed by atoms with Crippen molar-refractivity contribution < 1.29 is 5.11 Å². The molecule has 0 aromatic heterocycles. The van der Waals surface area contributed by atoms with Crippen LogP contribution in [0.25, 0.3) is 0 Å². The number of rotatable bonds is 0. The zero-order chi connectivity index (χ0) is 5.56. The van der Waals surface area contributed by atoms with Crippen molar-refractivity contribution in [2.45, 2.75) is 12.5 Å². The molecule has 2 unspecified atom stereocenters. The van der Waals surface area contributed by atoms with E-state index in [1.807, 2.05) is 0 Å². The van der Waals surface area contributed by atoms with Crippen LogP contribution in [-0.2, 0) is 0 Å². The van der Waals surface area contributed by atoms with Gasteiger partial charge in [0.25, 0.3) is 0 Å². The quantitative estimate of drug-likeness (QED) is 0.465. The van der Waals surface area contributed by atoms with Crippen molar-refractivity contribution in [3.8, 4) is 0 Å². The normalized spacial score (nSPS) is 52.9. The topological polar surface area (TPSA) is 23.5 Å². The van der Waals surface area contributed by atoms with E-state index < -0.39 is 0 Å². The third-order valence-electron chi connectivity index (χ3n) is 2.30. The number of piperidine rings is 1. The van der Waals surface area contributed by atoms with E-state index in [2.05, 4.69) is 4.90 Å². The van der Waals surface area contributed by atoms with Crippen LogP contribution in [0.1, 0.15) is 6.42 Å². The van der Waals surface area contributed by atoms with Crippen molar-refractivity contribution in [3.63, 3.8) is 0 Å². The van der Waals surface area contributed by atoms with Crippen molar-refractivity contribution in [2.75, 3.05) is 19.6 Å². The first-order valence-corrected chi connectivity index (χ1v) is 3.26. The van der Waals surface area contributed by atoms with Crippen molar-refractivity contribution in [1.82, 2.24) is 4.90 Å². The first kappa shape index (κ1) is 4.77. The van der Waals surface area contributed by atoms with E-state index >= 15 is 0 Å². The Morgan fingerprint density at radius 1 is 1.38 bits per heavy atom. The van der Waals surface area contributed by atoms with Crippen molar-refractivity contribution in [1.29, 1.82) is 0 Å². The molecule has 0 aromatic carbocycles. The van der Waals surface area contributed by atoms with Crippen molar-refractivity contribution >= 4 is 0 Å². The van der Waals surface area contributed by atoms with Crippen LogP contribution in [0.4, 0.5) is 0 Å². The number of hydrogen-bond acceptors (Lipinski definition) is 2. The fraction of sp³-hybridized carbons (Fsp3) is 1.00.